The fourth-order valence-electron chi connectivity index (χ4n) is 1.86. The van der Waals surface area contributed by atoms with Crippen molar-refractivity contribution >= 4 is 10.0 Å². The number of rotatable bonds is 9. The molecule has 0 aromatic heterocycles. The lowest BCUT2D eigenvalue weighted by molar-refractivity contribution is 0.129. The van der Waals surface area contributed by atoms with E-state index < -0.39 is 10.0 Å². The van der Waals surface area contributed by atoms with E-state index in [0.717, 1.165) is 18.7 Å². The molecule has 2 N–H and O–H groups in total. The molecular weight excluding hydrogens is 276 g/mol. The molecule has 0 spiro atoms. The third-order valence-corrected chi connectivity index (χ3v) is 4.68. The van der Waals surface area contributed by atoms with E-state index in [0.29, 0.717) is 24.0 Å². The summed E-state index contributed by atoms with van der Waals surface area (Å²) in [5.74, 6) is 0.700. The second kappa shape index (κ2) is 7.17. The minimum atomic E-state index is -3.43. The molecule has 1 aromatic carbocycles. The fraction of sp³-hybridized carbons (Fsp3) is 0.571. The van der Waals surface area contributed by atoms with Gasteiger partial charge in [0.1, 0.15) is 0 Å². The van der Waals surface area contributed by atoms with Gasteiger partial charge in [0, 0.05) is 19.7 Å². The van der Waals surface area contributed by atoms with Crippen molar-refractivity contribution in [2.24, 2.45) is 5.92 Å². The highest BCUT2D eigenvalue weighted by Crippen LogP contribution is 2.28. The molecule has 5 nitrogen and oxygen atoms in total. The molecule has 0 unspecified atom stereocenters. The molecule has 0 aliphatic heterocycles. The summed E-state index contributed by atoms with van der Waals surface area (Å²) in [6.45, 7) is 2.21. The van der Waals surface area contributed by atoms with Gasteiger partial charge in [-0.1, -0.05) is 12.1 Å². The van der Waals surface area contributed by atoms with Crippen molar-refractivity contribution in [3.8, 4) is 0 Å². The van der Waals surface area contributed by atoms with Crippen LogP contribution in [0.1, 0.15) is 18.4 Å². The smallest absolute Gasteiger partial charge is 0.240 e. The summed E-state index contributed by atoms with van der Waals surface area (Å²) in [4.78, 5) is 0.291. The Labute approximate surface area is 120 Å². The van der Waals surface area contributed by atoms with Gasteiger partial charge in [-0.25, -0.2) is 13.1 Å². The molecule has 0 atom stereocenters. The fourth-order valence-corrected chi connectivity index (χ4v) is 2.87. The average Bonchev–Trinajstić information content (AvgIpc) is 3.23. The molecule has 1 aromatic rings. The number of ether oxygens (including phenoxy) is 1. The Kier molecular flexibility index (Phi) is 5.54. The topological polar surface area (TPSA) is 67.4 Å². The van der Waals surface area contributed by atoms with Crippen LogP contribution in [0.5, 0.6) is 0 Å². The zero-order valence-electron chi connectivity index (χ0n) is 11.8. The largest absolute Gasteiger partial charge is 0.380 e. The molecule has 1 fully saturated rings. The first-order valence-electron chi connectivity index (χ1n) is 6.93. The van der Waals surface area contributed by atoms with Crippen LogP contribution >= 0.6 is 0 Å². The van der Waals surface area contributed by atoms with Crippen LogP contribution < -0.4 is 10.0 Å². The van der Waals surface area contributed by atoms with Crippen LogP contribution in [0, 0.1) is 5.92 Å². The van der Waals surface area contributed by atoms with Crippen molar-refractivity contribution in [2.75, 3.05) is 26.8 Å². The Morgan fingerprint density at radius 3 is 2.55 bits per heavy atom. The molecule has 6 heteroatoms. The summed E-state index contributed by atoms with van der Waals surface area (Å²) < 4.78 is 32.0. The molecule has 1 aliphatic rings. The third-order valence-electron chi connectivity index (χ3n) is 3.20. The minimum absolute atomic E-state index is 0.291. The van der Waals surface area contributed by atoms with Gasteiger partial charge in [0.25, 0.3) is 0 Å². The predicted molar refractivity (Wildman–Crippen MR) is 77.9 cm³/mol. The van der Waals surface area contributed by atoms with E-state index in [2.05, 4.69) is 10.0 Å². The van der Waals surface area contributed by atoms with Crippen molar-refractivity contribution in [3.63, 3.8) is 0 Å². The van der Waals surface area contributed by atoms with Crippen LogP contribution in [-0.2, 0) is 21.3 Å². The van der Waals surface area contributed by atoms with Crippen LogP contribution in [0.25, 0.3) is 0 Å². The van der Waals surface area contributed by atoms with Crippen LogP contribution in [0.2, 0.25) is 0 Å². The summed E-state index contributed by atoms with van der Waals surface area (Å²) in [6, 6.07) is 6.88. The van der Waals surface area contributed by atoms with Gasteiger partial charge in [-0.3, -0.25) is 0 Å². The lowest BCUT2D eigenvalue weighted by Gasteiger charge is -2.08. The SMILES string of the molecule is CNCc1ccc(S(=O)(=O)NCCOCC2CC2)cc1. The monoisotopic (exact) mass is 298 g/mol. The maximum Gasteiger partial charge on any atom is 0.240 e. The Morgan fingerprint density at radius 2 is 1.95 bits per heavy atom. The lowest BCUT2D eigenvalue weighted by Crippen LogP contribution is -2.27. The quantitative estimate of drug-likeness (QED) is 0.670. The van der Waals surface area contributed by atoms with Crippen LogP contribution in [0.15, 0.2) is 29.2 Å². The highest BCUT2D eigenvalue weighted by atomic mass is 32.2. The second-order valence-electron chi connectivity index (χ2n) is 5.09. The number of nitrogens with one attached hydrogen (secondary N) is 2. The molecule has 0 heterocycles. The van der Waals surface area contributed by atoms with Crippen molar-refractivity contribution in [3.05, 3.63) is 29.8 Å². The number of hydrogen-bond acceptors (Lipinski definition) is 4. The molecule has 0 radical (unpaired) electrons. The summed E-state index contributed by atoms with van der Waals surface area (Å²) in [5.41, 5.74) is 1.05. The molecule has 1 aliphatic carbocycles. The maximum absolute atomic E-state index is 12.0. The molecule has 112 valence electrons. The third kappa shape index (κ3) is 4.86. The van der Waals surface area contributed by atoms with Gasteiger partial charge in [0.15, 0.2) is 0 Å². The molecule has 0 bridgehead atoms. The Balaban J connectivity index is 1.78. The first-order valence-corrected chi connectivity index (χ1v) is 8.41. The standard InChI is InChI=1S/C14H22N2O3S/c1-15-10-12-4-6-14(7-5-12)20(17,18)16-8-9-19-11-13-2-3-13/h4-7,13,15-16H,2-3,8-11H2,1H3. The Hall–Kier alpha value is -0.950. The normalized spacial score (nSPS) is 15.4. The molecule has 1 saturated carbocycles. The van der Waals surface area contributed by atoms with Crippen molar-refractivity contribution < 1.29 is 13.2 Å². The highest BCUT2D eigenvalue weighted by molar-refractivity contribution is 7.89. The summed E-state index contributed by atoms with van der Waals surface area (Å²) in [6.07, 6.45) is 2.48. The van der Waals surface area contributed by atoms with E-state index in [9.17, 15) is 8.42 Å². The maximum atomic E-state index is 12.0. The van der Waals surface area contributed by atoms with Gasteiger partial charge >= 0.3 is 0 Å². The predicted octanol–water partition coefficient (Wildman–Crippen LogP) is 1.11. The van der Waals surface area contributed by atoms with E-state index in [1.54, 1.807) is 12.1 Å². The number of hydrogen-bond donors (Lipinski definition) is 2. The van der Waals surface area contributed by atoms with Crippen molar-refractivity contribution in [1.82, 2.24) is 10.0 Å². The molecular formula is C14H22N2O3S. The zero-order chi connectivity index (χ0) is 14.4. The zero-order valence-corrected chi connectivity index (χ0v) is 12.6. The summed E-state index contributed by atoms with van der Waals surface area (Å²) in [7, 11) is -1.57. The first-order chi connectivity index (χ1) is 9.62. The van der Waals surface area contributed by atoms with Crippen LogP contribution in [-0.4, -0.2) is 35.2 Å². The van der Waals surface area contributed by atoms with Crippen molar-refractivity contribution in [1.29, 1.82) is 0 Å². The van der Waals surface area contributed by atoms with E-state index in [1.807, 2.05) is 19.2 Å². The molecule has 2 rings (SSSR count). The summed E-state index contributed by atoms with van der Waals surface area (Å²) >= 11 is 0. The highest BCUT2D eigenvalue weighted by Gasteiger charge is 2.21. The molecule has 20 heavy (non-hydrogen) atoms. The Bertz CT molecular complexity index is 510. The minimum Gasteiger partial charge on any atom is -0.380 e. The van der Waals surface area contributed by atoms with E-state index in [4.69, 9.17) is 4.74 Å². The van der Waals surface area contributed by atoms with Gasteiger partial charge < -0.3 is 10.1 Å². The van der Waals surface area contributed by atoms with Crippen LogP contribution in [0.4, 0.5) is 0 Å². The van der Waals surface area contributed by atoms with E-state index >= 15 is 0 Å². The van der Waals surface area contributed by atoms with E-state index in [1.165, 1.54) is 12.8 Å². The van der Waals surface area contributed by atoms with Gasteiger partial charge in [0.2, 0.25) is 10.0 Å². The number of sulfonamides is 1. The second-order valence-corrected chi connectivity index (χ2v) is 6.86. The molecule has 0 saturated heterocycles. The lowest BCUT2D eigenvalue weighted by atomic mass is 10.2. The first kappa shape index (κ1) is 15.4. The van der Waals surface area contributed by atoms with Gasteiger partial charge in [-0.15, -0.1) is 0 Å². The van der Waals surface area contributed by atoms with Crippen LogP contribution in [0.3, 0.4) is 0 Å². The summed E-state index contributed by atoms with van der Waals surface area (Å²) in [5, 5.41) is 3.02. The van der Waals surface area contributed by atoms with Gasteiger partial charge in [0.05, 0.1) is 11.5 Å². The van der Waals surface area contributed by atoms with E-state index in [-0.39, 0.29) is 0 Å². The Morgan fingerprint density at radius 1 is 1.25 bits per heavy atom. The average molecular weight is 298 g/mol. The number of benzene rings is 1. The van der Waals surface area contributed by atoms with Crippen molar-refractivity contribution in [2.45, 2.75) is 24.3 Å². The van der Waals surface area contributed by atoms with Gasteiger partial charge in [-0.05, 0) is 43.5 Å². The molecule has 0 amide bonds. The van der Waals surface area contributed by atoms with Gasteiger partial charge in [-0.2, -0.15) is 0 Å².